The molecule has 0 bridgehead atoms. The fourth-order valence-electron chi connectivity index (χ4n) is 3.46. The number of nitrogens with one attached hydrogen (secondary N) is 1. The number of esters is 1. The van der Waals surface area contributed by atoms with Gasteiger partial charge in [-0.05, 0) is 62.7 Å². The van der Waals surface area contributed by atoms with Crippen LogP contribution >= 0.6 is 0 Å². The molecule has 3 rings (SSSR count). The molecule has 0 fully saturated rings. The summed E-state index contributed by atoms with van der Waals surface area (Å²) in [6.45, 7) is 6.32. The lowest BCUT2D eigenvalue weighted by atomic mass is 10.2. The van der Waals surface area contributed by atoms with E-state index in [1.807, 2.05) is 50.2 Å². The predicted octanol–water partition coefficient (Wildman–Crippen LogP) is 4.93. The summed E-state index contributed by atoms with van der Waals surface area (Å²) >= 11 is 0. The van der Waals surface area contributed by atoms with Crippen molar-refractivity contribution in [2.75, 3.05) is 18.5 Å². The number of urea groups is 1. The molecule has 0 atom stereocenters. The molecule has 35 heavy (non-hydrogen) atoms. The topological polar surface area (TPSA) is 92.1 Å². The van der Waals surface area contributed by atoms with Crippen LogP contribution in [0.15, 0.2) is 77.4 Å². The Kier molecular flexibility index (Phi) is 9.06. The van der Waals surface area contributed by atoms with E-state index in [1.165, 1.54) is 4.90 Å². The lowest BCUT2D eigenvalue weighted by molar-refractivity contribution is -0.133. The first-order valence-corrected chi connectivity index (χ1v) is 11.6. The van der Waals surface area contributed by atoms with Crippen LogP contribution in [0.4, 0.5) is 10.5 Å². The van der Waals surface area contributed by atoms with Crippen molar-refractivity contribution in [1.29, 1.82) is 0 Å². The van der Waals surface area contributed by atoms with E-state index in [1.54, 1.807) is 48.4 Å². The Hall–Kier alpha value is -4.07. The molecule has 1 aromatic heterocycles. The van der Waals surface area contributed by atoms with Gasteiger partial charge in [0.2, 0.25) is 5.91 Å². The molecule has 3 amide bonds. The van der Waals surface area contributed by atoms with Gasteiger partial charge in [-0.3, -0.25) is 4.79 Å². The fraction of sp³-hybridized carbons (Fsp3) is 0.296. The molecule has 1 heterocycles. The molecule has 0 spiro atoms. The summed E-state index contributed by atoms with van der Waals surface area (Å²) < 4.78 is 10.4. The van der Waals surface area contributed by atoms with Gasteiger partial charge in [-0.25, -0.2) is 9.59 Å². The number of nitrogens with zero attached hydrogens (tertiary/aromatic N) is 2. The number of hydrogen-bond acceptors (Lipinski definition) is 5. The van der Waals surface area contributed by atoms with E-state index >= 15 is 0 Å². The third-order valence-electron chi connectivity index (χ3n) is 5.33. The van der Waals surface area contributed by atoms with Gasteiger partial charge in [0.05, 0.1) is 25.0 Å². The third kappa shape index (κ3) is 7.46. The number of rotatable bonds is 10. The van der Waals surface area contributed by atoms with Crippen molar-refractivity contribution in [3.63, 3.8) is 0 Å². The van der Waals surface area contributed by atoms with E-state index in [9.17, 15) is 14.4 Å². The van der Waals surface area contributed by atoms with Crippen molar-refractivity contribution in [2.45, 2.75) is 39.9 Å². The molecule has 1 N–H and O–H groups in total. The minimum Gasteiger partial charge on any atom is -0.467 e. The van der Waals surface area contributed by atoms with Gasteiger partial charge in [0.25, 0.3) is 0 Å². The van der Waals surface area contributed by atoms with E-state index in [0.29, 0.717) is 30.1 Å². The normalized spacial score (nSPS) is 10.6. The minimum atomic E-state index is -0.421. The molecule has 0 aliphatic rings. The zero-order valence-electron chi connectivity index (χ0n) is 20.3. The smallest absolute Gasteiger partial charge is 0.338 e. The molecule has 8 nitrogen and oxygen atoms in total. The zero-order chi connectivity index (χ0) is 25.2. The van der Waals surface area contributed by atoms with Crippen molar-refractivity contribution < 1.29 is 23.5 Å². The van der Waals surface area contributed by atoms with E-state index in [2.05, 4.69) is 5.32 Å². The number of anilines is 1. The van der Waals surface area contributed by atoms with Crippen LogP contribution in [-0.4, -0.2) is 46.9 Å². The first-order valence-electron chi connectivity index (χ1n) is 11.6. The van der Waals surface area contributed by atoms with Crippen LogP contribution < -0.4 is 5.32 Å². The summed E-state index contributed by atoms with van der Waals surface area (Å²) in [4.78, 5) is 41.4. The summed E-state index contributed by atoms with van der Waals surface area (Å²) in [5.74, 6) is 0.0399. The van der Waals surface area contributed by atoms with Gasteiger partial charge in [0.15, 0.2) is 0 Å². The average Bonchev–Trinajstić information content (AvgIpc) is 3.36. The molecule has 0 radical (unpaired) electrons. The van der Waals surface area contributed by atoms with Crippen molar-refractivity contribution in [1.82, 2.24) is 9.80 Å². The number of benzene rings is 2. The van der Waals surface area contributed by atoms with Crippen molar-refractivity contribution >= 4 is 23.6 Å². The quantitative estimate of drug-likeness (QED) is 0.418. The number of hydrogen-bond donors (Lipinski definition) is 1. The highest BCUT2D eigenvalue weighted by Crippen LogP contribution is 2.15. The van der Waals surface area contributed by atoms with Gasteiger partial charge in [-0.15, -0.1) is 0 Å². The molecular formula is C27H31N3O5. The Morgan fingerprint density at radius 1 is 0.943 bits per heavy atom. The molecule has 0 saturated carbocycles. The van der Waals surface area contributed by atoms with Crippen LogP contribution in [0.5, 0.6) is 0 Å². The minimum absolute atomic E-state index is 0.0993. The highest BCUT2D eigenvalue weighted by molar-refractivity contribution is 5.94. The van der Waals surface area contributed by atoms with Crippen LogP contribution in [0.2, 0.25) is 0 Å². The Bertz CT molecular complexity index is 1100. The predicted molar refractivity (Wildman–Crippen MR) is 133 cm³/mol. The molecular weight excluding hydrogens is 446 g/mol. The maximum absolute atomic E-state index is 13.3. The van der Waals surface area contributed by atoms with Crippen molar-refractivity contribution in [3.8, 4) is 0 Å². The van der Waals surface area contributed by atoms with E-state index in [0.717, 1.165) is 5.56 Å². The number of carbonyl (C=O) groups is 3. The van der Waals surface area contributed by atoms with Crippen molar-refractivity contribution in [3.05, 3.63) is 89.9 Å². The second-order valence-corrected chi connectivity index (χ2v) is 8.26. The third-order valence-corrected chi connectivity index (χ3v) is 5.33. The Morgan fingerprint density at radius 3 is 2.26 bits per heavy atom. The monoisotopic (exact) mass is 477 g/mol. The summed E-state index contributed by atoms with van der Waals surface area (Å²) in [5, 5.41) is 2.81. The standard InChI is InChI=1S/C27H31N3O5/c1-4-34-26(32)22-12-14-23(15-13-22)28-27(33)30(20(2)3)19-25(31)29(18-24-11-8-16-35-24)17-21-9-6-5-7-10-21/h5-16,20H,4,17-19H2,1-3H3,(H,28,33). The fourth-order valence-corrected chi connectivity index (χ4v) is 3.46. The van der Waals surface area contributed by atoms with Crippen LogP contribution in [0, 0.1) is 0 Å². The summed E-state index contributed by atoms with van der Waals surface area (Å²) in [6, 6.07) is 19.1. The number of amides is 3. The molecule has 0 unspecified atom stereocenters. The number of carbonyl (C=O) groups excluding carboxylic acids is 3. The SMILES string of the molecule is CCOC(=O)c1ccc(NC(=O)N(CC(=O)N(Cc2ccccc2)Cc2ccco2)C(C)C)cc1. The Labute approximate surface area is 205 Å². The summed E-state index contributed by atoms with van der Waals surface area (Å²) in [5.41, 5.74) is 1.89. The molecule has 0 saturated heterocycles. The lowest BCUT2D eigenvalue weighted by Gasteiger charge is -2.30. The van der Waals surface area contributed by atoms with Crippen LogP contribution in [0.25, 0.3) is 0 Å². The zero-order valence-corrected chi connectivity index (χ0v) is 20.3. The van der Waals surface area contributed by atoms with E-state index < -0.39 is 12.0 Å². The Balaban J connectivity index is 1.69. The first-order chi connectivity index (χ1) is 16.9. The summed E-state index contributed by atoms with van der Waals surface area (Å²) in [7, 11) is 0. The Morgan fingerprint density at radius 2 is 1.66 bits per heavy atom. The summed E-state index contributed by atoms with van der Waals surface area (Å²) in [6.07, 6.45) is 1.57. The molecule has 2 aromatic carbocycles. The second-order valence-electron chi connectivity index (χ2n) is 8.26. The highest BCUT2D eigenvalue weighted by Gasteiger charge is 2.24. The molecule has 0 aliphatic heterocycles. The maximum atomic E-state index is 13.3. The number of ether oxygens (including phenoxy) is 1. The van der Waals surface area contributed by atoms with Gasteiger partial charge < -0.3 is 24.3 Å². The lowest BCUT2D eigenvalue weighted by Crippen LogP contribution is -2.47. The average molecular weight is 478 g/mol. The van der Waals surface area contributed by atoms with E-state index in [-0.39, 0.29) is 25.1 Å². The van der Waals surface area contributed by atoms with Gasteiger partial charge in [0.1, 0.15) is 12.3 Å². The van der Waals surface area contributed by atoms with Gasteiger partial charge >= 0.3 is 12.0 Å². The van der Waals surface area contributed by atoms with Crippen LogP contribution in [0.1, 0.15) is 42.5 Å². The largest absolute Gasteiger partial charge is 0.467 e. The first kappa shape index (κ1) is 25.6. The molecule has 8 heteroatoms. The van der Waals surface area contributed by atoms with Crippen LogP contribution in [-0.2, 0) is 22.6 Å². The second kappa shape index (κ2) is 12.4. The van der Waals surface area contributed by atoms with E-state index in [4.69, 9.17) is 9.15 Å². The number of furan rings is 1. The van der Waals surface area contributed by atoms with Gasteiger partial charge in [0, 0.05) is 18.3 Å². The molecule has 3 aromatic rings. The van der Waals surface area contributed by atoms with Crippen molar-refractivity contribution in [2.24, 2.45) is 0 Å². The maximum Gasteiger partial charge on any atom is 0.338 e. The van der Waals surface area contributed by atoms with Gasteiger partial charge in [-0.2, -0.15) is 0 Å². The molecule has 0 aliphatic carbocycles. The molecule has 184 valence electrons. The van der Waals surface area contributed by atoms with Crippen LogP contribution in [0.3, 0.4) is 0 Å². The van der Waals surface area contributed by atoms with Gasteiger partial charge in [-0.1, -0.05) is 30.3 Å². The highest BCUT2D eigenvalue weighted by atomic mass is 16.5.